The maximum Gasteiger partial charge on any atom is 0.227 e. The fraction of sp³-hybridized carbons (Fsp3) is 0. The molecule has 37 heavy (non-hydrogen) atoms. The van der Waals surface area contributed by atoms with E-state index in [2.05, 4.69) is 83.8 Å². The Labute approximate surface area is 212 Å². The lowest BCUT2D eigenvalue weighted by Crippen LogP contribution is -2.00. The van der Waals surface area contributed by atoms with Gasteiger partial charge in [0.1, 0.15) is 5.58 Å². The number of aromatic nitrogens is 3. The smallest absolute Gasteiger partial charge is 0.227 e. The molecule has 0 N–H and O–H groups in total. The van der Waals surface area contributed by atoms with E-state index in [1.807, 2.05) is 30.6 Å². The average Bonchev–Trinajstić information content (AvgIpc) is 3.35. The van der Waals surface area contributed by atoms with Crippen LogP contribution in [0.4, 0.5) is 0 Å². The zero-order valence-electron chi connectivity index (χ0n) is 19.7. The molecule has 0 bridgehead atoms. The first-order valence-corrected chi connectivity index (χ1v) is 12.3. The third kappa shape index (κ3) is 2.93. The van der Waals surface area contributed by atoms with Crippen molar-refractivity contribution in [1.82, 2.24) is 15.0 Å². The number of fused-ring (bicyclic) bond motifs is 11. The first-order chi connectivity index (χ1) is 18.4. The minimum atomic E-state index is 0.655. The lowest BCUT2D eigenvalue weighted by Gasteiger charge is -2.22. The summed E-state index contributed by atoms with van der Waals surface area (Å²) >= 11 is 0. The molecule has 0 aliphatic heterocycles. The standard InChI is InChI=1S/C33H19N3O/c1-2-8-23-22(7-1)24-15-14-20(21-9-3-10-27-28-13-6-18-36-33(28)37-32(21)27)19-29(24)26-12-5-17-35-31(26)30-25(23)11-4-16-34-30/h1-19H. The molecule has 0 spiro atoms. The van der Waals surface area contributed by atoms with Crippen molar-refractivity contribution in [3.05, 3.63) is 116 Å². The van der Waals surface area contributed by atoms with E-state index in [0.717, 1.165) is 61.1 Å². The molecule has 172 valence electrons. The van der Waals surface area contributed by atoms with E-state index < -0.39 is 0 Å². The fourth-order valence-corrected chi connectivity index (χ4v) is 5.61. The molecule has 4 heterocycles. The van der Waals surface area contributed by atoms with Crippen LogP contribution in [0.5, 0.6) is 0 Å². The summed E-state index contributed by atoms with van der Waals surface area (Å²) in [6.45, 7) is 0. The normalized spacial score (nSPS) is 11.8. The first-order valence-electron chi connectivity index (χ1n) is 12.3. The van der Waals surface area contributed by atoms with Crippen LogP contribution in [0, 0.1) is 0 Å². The molecule has 0 unspecified atom stereocenters. The summed E-state index contributed by atoms with van der Waals surface area (Å²) in [5.41, 5.74) is 12.2. The monoisotopic (exact) mass is 473 g/mol. The van der Waals surface area contributed by atoms with Gasteiger partial charge in [0.05, 0.1) is 11.4 Å². The molecule has 0 radical (unpaired) electrons. The number of hydrogen-bond donors (Lipinski definition) is 0. The van der Waals surface area contributed by atoms with Crippen LogP contribution < -0.4 is 0 Å². The number of benzene rings is 3. The Balaban J connectivity index is 1.45. The molecule has 0 saturated heterocycles. The minimum Gasteiger partial charge on any atom is -0.437 e. The molecule has 1 aliphatic carbocycles. The lowest BCUT2D eigenvalue weighted by molar-refractivity contribution is 0.655. The van der Waals surface area contributed by atoms with Crippen LogP contribution in [-0.2, 0) is 0 Å². The molecule has 4 nitrogen and oxygen atoms in total. The Morgan fingerprint density at radius 3 is 1.84 bits per heavy atom. The molecule has 3 aromatic carbocycles. The molecule has 8 rings (SSSR count). The number of pyridine rings is 3. The van der Waals surface area contributed by atoms with Gasteiger partial charge in [-0.1, -0.05) is 66.7 Å². The summed E-state index contributed by atoms with van der Waals surface area (Å²) in [5.74, 6) is 0. The summed E-state index contributed by atoms with van der Waals surface area (Å²) in [5, 5.41) is 2.09. The van der Waals surface area contributed by atoms with Crippen molar-refractivity contribution in [3.63, 3.8) is 0 Å². The van der Waals surface area contributed by atoms with Crippen LogP contribution in [0.2, 0.25) is 0 Å². The quantitative estimate of drug-likeness (QED) is 0.240. The average molecular weight is 474 g/mol. The van der Waals surface area contributed by atoms with E-state index >= 15 is 0 Å². The number of hydrogen-bond acceptors (Lipinski definition) is 4. The Hall–Kier alpha value is -5.09. The molecule has 7 aromatic rings. The fourth-order valence-electron chi connectivity index (χ4n) is 5.61. The highest BCUT2D eigenvalue weighted by atomic mass is 16.3. The van der Waals surface area contributed by atoms with E-state index in [9.17, 15) is 0 Å². The number of rotatable bonds is 1. The summed E-state index contributed by atoms with van der Waals surface area (Å²) in [6, 6.07) is 33.8. The summed E-state index contributed by atoms with van der Waals surface area (Å²) < 4.78 is 6.27. The number of para-hydroxylation sites is 1. The molecule has 0 fully saturated rings. The maximum absolute atomic E-state index is 6.27. The Kier molecular flexibility index (Phi) is 4.19. The van der Waals surface area contributed by atoms with Crippen molar-refractivity contribution in [2.24, 2.45) is 0 Å². The van der Waals surface area contributed by atoms with E-state index in [1.54, 1.807) is 6.20 Å². The van der Waals surface area contributed by atoms with Crippen LogP contribution in [0.25, 0.3) is 78.0 Å². The van der Waals surface area contributed by atoms with Crippen molar-refractivity contribution in [3.8, 4) is 55.9 Å². The van der Waals surface area contributed by atoms with Crippen LogP contribution >= 0.6 is 0 Å². The third-order valence-corrected chi connectivity index (χ3v) is 7.24. The largest absolute Gasteiger partial charge is 0.437 e. The topological polar surface area (TPSA) is 51.8 Å². The molecule has 0 saturated carbocycles. The second kappa shape index (κ2) is 7.70. The zero-order chi connectivity index (χ0) is 24.3. The predicted molar refractivity (Wildman–Crippen MR) is 148 cm³/mol. The van der Waals surface area contributed by atoms with E-state index in [-0.39, 0.29) is 0 Å². The van der Waals surface area contributed by atoms with Gasteiger partial charge in [-0.15, -0.1) is 0 Å². The van der Waals surface area contributed by atoms with Crippen molar-refractivity contribution < 1.29 is 4.42 Å². The molecule has 0 atom stereocenters. The third-order valence-electron chi connectivity index (χ3n) is 7.24. The maximum atomic E-state index is 6.27. The predicted octanol–water partition coefficient (Wildman–Crippen LogP) is 8.42. The van der Waals surface area contributed by atoms with Gasteiger partial charge in [-0.05, 0) is 58.1 Å². The Morgan fingerprint density at radius 2 is 1.03 bits per heavy atom. The van der Waals surface area contributed by atoms with E-state index in [4.69, 9.17) is 14.4 Å². The van der Waals surface area contributed by atoms with E-state index in [1.165, 1.54) is 11.1 Å². The van der Waals surface area contributed by atoms with Gasteiger partial charge in [0.25, 0.3) is 0 Å². The SMILES string of the molecule is c1ccc2c(c1)-c1ccc(-c3cccc4c3oc3ncccc34)cc1-c1cccnc1-c1ncccc1-2. The lowest BCUT2D eigenvalue weighted by atomic mass is 9.83. The van der Waals surface area contributed by atoms with Gasteiger partial charge in [-0.25, -0.2) is 4.98 Å². The van der Waals surface area contributed by atoms with Crippen molar-refractivity contribution in [1.29, 1.82) is 0 Å². The second-order valence-electron chi connectivity index (χ2n) is 9.25. The highest BCUT2D eigenvalue weighted by Crippen LogP contribution is 2.47. The summed E-state index contributed by atoms with van der Waals surface area (Å²) in [4.78, 5) is 14.1. The van der Waals surface area contributed by atoms with Gasteiger partial charge < -0.3 is 4.42 Å². The van der Waals surface area contributed by atoms with E-state index in [0.29, 0.717) is 5.71 Å². The molecular weight excluding hydrogens is 454 g/mol. The zero-order valence-corrected chi connectivity index (χ0v) is 19.7. The van der Waals surface area contributed by atoms with Crippen LogP contribution in [0.3, 0.4) is 0 Å². The summed E-state index contributed by atoms with van der Waals surface area (Å²) in [7, 11) is 0. The highest BCUT2D eigenvalue weighted by molar-refractivity contribution is 6.09. The van der Waals surface area contributed by atoms with Gasteiger partial charge >= 0.3 is 0 Å². The van der Waals surface area contributed by atoms with Crippen LogP contribution in [0.1, 0.15) is 0 Å². The minimum absolute atomic E-state index is 0.655. The first kappa shape index (κ1) is 20.1. The second-order valence-corrected chi connectivity index (χ2v) is 9.25. The Bertz CT molecular complexity index is 2000. The molecular formula is C33H19N3O. The van der Waals surface area contributed by atoms with Crippen molar-refractivity contribution >= 4 is 22.1 Å². The van der Waals surface area contributed by atoms with Gasteiger partial charge in [-0.3, -0.25) is 9.97 Å². The Morgan fingerprint density at radius 1 is 0.432 bits per heavy atom. The highest BCUT2D eigenvalue weighted by Gasteiger charge is 2.24. The van der Waals surface area contributed by atoms with Crippen molar-refractivity contribution in [2.75, 3.05) is 0 Å². The van der Waals surface area contributed by atoms with Gasteiger partial charge in [0.2, 0.25) is 5.71 Å². The van der Waals surface area contributed by atoms with Gasteiger partial charge in [0, 0.05) is 46.1 Å². The van der Waals surface area contributed by atoms with Gasteiger partial charge in [0.15, 0.2) is 0 Å². The van der Waals surface area contributed by atoms with Gasteiger partial charge in [-0.2, -0.15) is 0 Å². The van der Waals surface area contributed by atoms with Crippen LogP contribution in [0.15, 0.2) is 120 Å². The molecule has 4 aromatic heterocycles. The summed E-state index contributed by atoms with van der Waals surface area (Å²) in [6.07, 6.45) is 5.45. The number of furan rings is 1. The number of nitrogens with zero attached hydrogens (tertiary/aromatic N) is 3. The van der Waals surface area contributed by atoms with Crippen molar-refractivity contribution in [2.45, 2.75) is 0 Å². The molecule has 1 aliphatic rings. The van der Waals surface area contributed by atoms with Crippen LogP contribution in [-0.4, -0.2) is 15.0 Å². The molecule has 4 heteroatoms. The molecule has 0 amide bonds.